The van der Waals surface area contributed by atoms with Crippen LogP contribution in [0.25, 0.3) is 11.5 Å². The molecule has 5 nitrogen and oxygen atoms in total. The van der Waals surface area contributed by atoms with Crippen molar-refractivity contribution in [2.45, 2.75) is 13.3 Å². The van der Waals surface area contributed by atoms with Crippen LogP contribution in [0.15, 0.2) is 12.4 Å². The van der Waals surface area contributed by atoms with E-state index >= 15 is 0 Å². The first-order valence-electron chi connectivity index (χ1n) is 4.54. The highest BCUT2D eigenvalue weighted by molar-refractivity contribution is 5.62. The minimum absolute atomic E-state index is 0.561. The molecule has 0 unspecified atom stereocenters. The first-order valence-corrected chi connectivity index (χ1v) is 4.54. The van der Waals surface area contributed by atoms with Gasteiger partial charge in [-0.25, -0.2) is 4.98 Å². The summed E-state index contributed by atoms with van der Waals surface area (Å²) in [5, 5.41) is 6.89. The Balaban J connectivity index is 2.57. The number of aromatic nitrogens is 4. The van der Waals surface area contributed by atoms with E-state index in [1.165, 1.54) is 0 Å². The molecule has 0 amide bonds. The van der Waals surface area contributed by atoms with Gasteiger partial charge in [-0.3, -0.25) is 5.10 Å². The topological polar surface area (TPSA) is 72.5 Å². The molecule has 2 rings (SSSR count). The summed E-state index contributed by atoms with van der Waals surface area (Å²) in [4.78, 5) is 4.24. The van der Waals surface area contributed by atoms with Crippen molar-refractivity contribution in [1.82, 2.24) is 19.7 Å². The van der Waals surface area contributed by atoms with Crippen molar-refractivity contribution in [3.63, 3.8) is 0 Å². The third-order valence-corrected chi connectivity index (χ3v) is 2.30. The normalized spacial score (nSPS) is 10.7. The Morgan fingerprint density at radius 1 is 1.57 bits per heavy atom. The van der Waals surface area contributed by atoms with E-state index in [4.69, 9.17) is 5.73 Å². The van der Waals surface area contributed by atoms with Crippen molar-refractivity contribution < 1.29 is 0 Å². The van der Waals surface area contributed by atoms with Crippen molar-refractivity contribution >= 4 is 5.82 Å². The Hall–Kier alpha value is -1.78. The van der Waals surface area contributed by atoms with Crippen LogP contribution >= 0.6 is 0 Å². The highest BCUT2D eigenvalue weighted by Gasteiger charge is 2.13. The quantitative estimate of drug-likeness (QED) is 0.742. The van der Waals surface area contributed by atoms with E-state index in [9.17, 15) is 0 Å². The third kappa shape index (κ3) is 1.17. The molecule has 0 atom stereocenters. The minimum Gasteiger partial charge on any atom is -0.382 e. The summed E-state index contributed by atoms with van der Waals surface area (Å²) >= 11 is 0. The average Bonchev–Trinajstić information content (AvgIpc) is 2.71. The number of nitrogens with zero attached hydrogens (tertiary/aromatic N) is 3. The third-order valence-electron chi connectivity index (χ3n) is 2.30. The van der Waals surface area contributed by atoms with Crippen molar-refractivity contribution in [3.8, 4) is 11.5 Å². The molecule has 0 saturated carbocycles. The molecule has 0 aromatic carbocycles. The zero-order chi connectivity index (χ0) is 10.1. The lowest BCUT2D eigenvalue weighted by molar-refractivity contribution is 0.910. The molecule has 0 saturated heterocycles. The van der Waals surface area contributed by atoms with Crippen LogP contribution in [0.5, 0.6) is 0 Å². The number of H-pyrrole nitrogens is 1. The van der Waals surface area contributed by atoms with Crippen LogP contribution in [0.3, 0.4) is 0 Å². The smallest absolute Gasteiger partial charge is 0.158 e. The number of nitrogens with one attached hydrogen (secondary N) is 1. The summed E-state index contributed by atoms with van der Waals surface area (Å²) in [6.07, 6.45) is 4.50. The second-order valence-electron chi connectivity index (χ2n) is 3.18. The van der Waals surface area contributed by atoms with Gasteiger partial charge in [-0.2, -0.15) is 5.10 Å². The first-order chi connectivity index (χ1) is 6.74. The molecule has 74 valence electrons. The Labute approximate surface area is 82.0 Å². The van der Waals surface area contributed by atoms with Crippen molar-refractivity contribution in [3.05, 3.63) is 18.0 Å². The van der Waals surface area contributed by atoms with Crippen molar-refractivity contribution in [2.75, 3.05) is 5.73 Å². The van der Waals surface area contributed by atoms with E-state index in [2.05, 4.69) is 15.2 Å². The Bertz CT molecular complexity index is 440. The lowest BCUT2D eigenvalue weighted by Gasteiger charge is -2.00. The largest absolute Gasteiger partial charge is 0.382 e. The van der Waals surface area contributed by atoms with Crippen LogP contribution in [0.2, 0.25) is 0 Å². The first kappa shape index (κ1) is 8.80. The zero-order valence-corrected chi connectivity index (χ0v) is 8.28. The lowest BCUT2D eigenvalue weighted by atomic mass is 10.2. The van der Waals surface area contributed by atoms with E-state index in [0.717, 1.165) is 23.5 Å². The predicted molar refractivity (Wildman–Crippen MR) is 54.6 cm³/mol. The van der Waals surface area contributed by atoms with E-state index < -0.39 is 0 Å². The fourth-order valence-electron chi connectivity index (χ4n) is 1.53. The number of aryl methyl sites for hydroxylation is 1. The van der Waals surface area contributed by atoms with Gasteiger partial charge in [0.15, 0.2) is 5.82 Å². The van der Waals surface area contributed by atoms with Gasteiger partial charge in [0, 0.05) is 25.0 Å². The van der Waals surface area contributed by atoms with Gasteiger partial charge in [0.25, 0.3) is 0 Å². The van der Waals surface area contributed by atoms with Crippen LogP contribution in [0.1, 0.15) is 12.5 Å². The summed E-state index contributed by atoms with van der Waals surface area (Å²) in [5.74, 6) is 1.43. The maximum atomic E-state index is 5.73. The van der Waals surface area contributed by atoms with Crippen LogP contribution in [0, 0.1) is 0 Å². The molecule has 0 radical (unpaired) electrons. The molecule has 0 aliphatic heterocycles. The van der Waals surface area contributed by atoms with Gasteiger partial charge < -0.3 is 10.3 Å². The second kappa shape index (κ2) is 3.17. The summed E-state index contributed by atoms with van der Waals surface area (Å²) in [6.45, 7) is 2.05. The van der Waals surface area contributed by atoms with Gasteiger partial charge in [0.2, 0.25) is 0 Å². The van der Waals surface area contributed by atoms with Crippen LogP contribution in [0.4, 0.5) is 5.82 Å². The van der Waals surface area contributed by atoms with Crippen molar-refractivity contribution in [2.24, 2.45) is 7.05 Å². The number of imidazole rings is 1. The number of rotatable bonds is 2. The monoisotopic (exact) mass is 191 g/mol. The molecule has 0 bridgehead atoms. The molecule has 2 aromatic rings. The number of hydrogen-bond acceptors (Lipinski definition) is 3. The molecule has 14 heavy (non-hydrogen) atoms. The van der Waals surface area contributed by atoms with Gasteiger partial charge in [-0.15, -0.1) is 0 Å². The molecule has 0 aliphatic carbocycles. The summed E-state index contributed by atoms with van der Waals surface area (Å²) in [7, 11) is 1.94. The lowest BCUT2D eigenvalue weighted by Crippen LogP contribution is -1.95. The summed E-state index contributed by atoms with van der Waals surface area (Å²) in [5.41, 5.74) is 7.67. The number of nitrogen functional groups attached to an aromatic ring is 1. The fraction of sp³-hybridized carbons (Fsp3) is 0.333. The standard InChI is InChI=1S/C9H13N5/c1-3-6-7(12-13-8(6)10)9-11-4-5-14(9)2/h4-5H,3H2,1-2H3,(H3,10,12,13). The summed E-state index contributed by atoms with van der Waals surface area (Å²) in [6, 6.07) is 0. The number of anilines is 1. The number of nitrogens with two attached hydrogens (primary N) is 1. The molecule has 2 aromatic heterocycles. The second-order valence-corrected chi connectivity index (χ2v) is 3.18. The fourth-order valence-corrected chi connectivity index (χ4v) is 1.53. The van der Waals surface area contributed by atoms with Crippen LogP contribution < -0.4 is 5.73 Å². The molecule has 3 N–H and O–H groups in total. The van der Waals surface area contributed by atoms with Gasteiger partial charge in [0.1, 0.15) is 11.5 Å². The predicted octanol–water partition coefficient (Wildman–Crippen LogP) is 0.955. The highest BCUT2D eigenvalue weighted by Crippen LogP contribution is 2.23. The molecule has 0 fully saturated rings. The van der Waals surface area contributed by atoms with E-state index in [1.807, 2.05) is 24.7 Å². The summed E-state index contributed by atoms with van der Waals surface area (Å²) < 4.78 is 1.94. The van der Waals surface area contributed by atoms with Gasteiger partial charge in [-0.1, -0.05) is 6.92 Å². The Morgan fingerprint density at radius 2 is 2.36 bits per heavy atom. The Kier molecular flexibility index (Phi) is 1.99. The molecule has 5 heteroatoms. The van der Waals surface area contributed by atoms with Crippen LogP contribution in [-0.2, 0) is 13.5 Å². The SMILES string of the molecule is CCc1c(N)n[nH]c1-c1nccn1C. The maximum Gasteiger partial charge on any atom is 0.158 e. The Morgan fingerprint density at radius 3 is 2.93 bits per heavy atom. The zero-order valence-electron chi connectivity index (χ0n) is 8.28. The minimum atomic E-state index is 0.561. The molecule has 2 heterocycles. The molecule has 0 aliphatic rings. The van der Waals surface area contributed by atoms with Gasteiger partial charge in [-0.05, 0) is 6.42 Å². The number of aromatic amines is 1. The average molecular weight is 191 g/mol. The van der Waals surface area contributed by atoms with Crippen molar-refractivity contribution in [1.29, 1.82) is 0 Å². The molecular weight excluding hydrogens is 178 g/mol. The molecular formula is C9H13N5. The van der Waals surface area contributed by atoms with E-state index in [-0.39, 0.29) is 0 Å². The van der Waals surface area contributed by atoms with E-state index in [1.54, 1.807) is 6.20 Å². The van der Waals surface area contributed by atoms with Gasteiger partial charge >= 0.3 is 0 Å². The van der Waals surface area contributed by atoms with Gasteiger partial charge in [0.05, 0.1) is 0 Å². The number of hydrogen-bond donors (Lipinski definition) is 2. The molecule has 0 spiro atoms. The maximum absolute atomic E-state index is 5.73. The highest BCUT2D eigenvalue weighted by atomic mass is 15.2. The van der Waals surface area contributed by atoms with E-state index in [0.29, 0.717) is 5.82 Å². The van der Waals surface area contributed by atoms with Crippen LogP contribution in [-0.4, -0.2) is 19.7 Å².